The summed E-state index contributed by atoms with van der Waals surface area (Å²) in [5.74, 6) is 0.928. The maximum Gasteiger partial charge on any atom is 0.254 e. The molecule has 0 aliphatic carbocycles. The molecule has 0 spiro atoms. The summed E-state index contributed by atoms with van der Waals surface area (Å²) in [5.41, 5.74) is 0. The highest BCUT2D eigenvalue weighted by Crippen LogP contribution is 2.56. The van der Waals surface area contributed by atoms with Crippen LogP contribution >= 0.6 is 18.0 Å². The first-order valence-electron chi connectivity index (χ1n) is 3.99. The van der Waals surface area contributed by atoms with Crippen molar-refractivity contribution in [1.29, 1.82) is 0 Å². The Bertz CT molecular complexity index is 126. The molecule has 0 bridgehead atoms. The van der Waals surface area contributed by atoms with Gasteiger partial charge in [0.25, 0.3) is 6.57 Å². The third kappa shape index (κ3) is 6.92. The van der Waals surface area contributed by atoms with Crippen molar-refractivity contribution in [3.8, 4) is 0 Å². The molecule has 0 aliphatic rings. The van der Waals surface area contributed by atoms with Gasteiger partial charge in [-0.1, -0.05) is 25.2 Å². The summed E-state index contributed by atoms with van der Waals surface area (Å²) in [6.45, 7) is 4.10. The van der Waals surface area contributed by atoms with Crippen molar-refractivity contribution in [2.24, 2.45) is 0 Å². The molecule has 0 saturated heterocycles. The molecular formula is C7H17O2PS. The number of hydrogen-bond acceptors (Lipinski definition) is 3. The molecule has 68 valence electrons. The van der Waals surface area contributed by atoms with Crippen molar-refractivity contribution in [2.45, 2.75) is 26.7 Å². The zero-order valence-corrected chi connectivity index (χ0v) is 9.21. The fourth-order valence-corrected chi connectivity index (χ4v) is 3.64. The smallest absolute Gasteiger partial charge is 0.254 e. The normalized spacial score (nSPS) is 16.3. The molecule has 0 rings (SSSR count). The quantitative estimate of drug-likeness (QED) is 0.609. The molecular weight excluding hydrogens is 179 g/mol. The van der Waals surface area contributed by atoms with Crippen molar-refractivity contribution >= 4 is 18.0 Å². The van der Waals surface area contributed by atoms with E-state index in [4.69, 9.17) is 4.52 Å². The van der Waals surface area contributed by atoms with Crippen LogP contribution in [0.3, 0.4) is 0 Å². The first kappa shape index (κ1) is 11.5. The van der Waals surface area contributed by atoms with E-state index in [0.717, 1.165) is 18.6 Å². The Labute approximate surface area is 73.3 Å². The van der Waals surface area contributed by atoms with E-state index in [9.17, 15) is 4.57 Å². The second kappa shape index (κ2) is 6.10. The van der Waals surface area contributed by atoms with E-state index in [1.807, 2.05) is 6.92 Å². The number of rotatable bonds is 6. The summed E-state index contributed by atoms with van der Waals surface area (Å²) in [6.07, 6.45) is 1.99. The Morgan fingerprint density at radius 2 is 2.00 bits per heavy atom. The minimum absolute atomic E-state index is 0.616. The van der Waals surface area contributed by atoms with Crippen LogP contribution in [-0.4, -0.2) is 19.0 Å². The van der Waals surface area contributed by atoms with Gasteiger partial charge in [-0.05, 0) is 12.8 Å². The summed E-state index contributed by atoms with van der Waals surface area (Å²) in [5, 5.41) is 0. The van der Waals surface area contributed by atoms with E-state index < -0.39 is 6.57 Å². The summed E-state index contributed by atoms with van der Waals surface area (Å²) < 4.78 is 16.7. The lowest BCUT2D eigenvalue weighted by Gasteiger charge is -2.11. The summed E-state index contributed by atoms with van der Waals surface area (Å²) in [4.78, 5) is 0. The van der Waals surface area contributed by atoms with Gasteiger partial charge in [0, 0.05) is 12.4 Å². The monoisotopic (exact) mass is 196 g/mol. The SMILES string of the molecule is CCCOP(C)(=O)SCCC. The van der Waals surface area contributed by atoms with E-state index in [-0.39, 0.29) is 0 Å². The molecule has 1 unspecified atom stereocenters. The van der Waals surface area contributed by atoms with Gasteiger partial charge >= 0.3 is 0 Å². The largest absolute Gasteiger partial charge is 0.321 e. The predicted octanol–water partition coefficient (Wildman–Crippen LogP) is 3.38. The number of hydrogen-bond donors (Lipinski definition) is 0. The zero-order chi connectivity index (χ0) is 8.74. The second-order valence-corrected chi connectivity index (χ2v) is 7.67. The average Bonchev–Trinajstić information content (AvgIpc) is 1.97. The fraction of sp³-hybridized carbons (Fsp3) is 1.00. The van der Waals surface area contributed by atoms with Crippen LogP contribution in [0, 0.1) is 0 Å². The highest BCUT2D eigenvalue weighted by Gasteiger charge is 2.14. The van der Waals surface area contributed by atoms with Gasteiger partial charge in [0.1, 0.15) is 0 Å². The molecule has 2 nitrogen and oxygen atoms in total. The third-order valence-electron chi connectivity index (χ3n) is 1.06. The van der Waals surface area contributed by atoms with Crippen molar-refractivity contribution < 1.29 is 9.09 Å². The standard InChI is InChI=1S/C7H17O2PS/c1-4-6-9-10(3,8)11-7-5-2/h4-7H2,1-3H3. The van der Waals surface area contributed by atoms with E-state index in [0.29, 0.717) is 6.61 Å². The van der Waals surface area contributed by atoms with Crippen LogP contribution < -0.4 is 0 Å². The summed E-state index contributed by atoms with van der Waals surface area (Å²) >= 11 is 1.45. The van der Waals surface area contributed by atoms with E-state index in [1.165, 1.54) is 11.4 Å². The van der Waals surface area contributed by atoms with Crippen LogP contribution in [0.4, 0.5) is 0 Å². The highest BCUT2D eigenvalue weighted by molar-refractivity contribution is 8.56. The van der Waals surface area contributed by atoms with Crippen molar-refractivity contribution in [1.82, 2.24) is 0 Å². The maximum absolute atomic E-state index is 11.5. The van der Waals surface area contributed by atoms with Gasteiger partial charge in [0.15, 0.2) is 0 Å². The summed E-state index contributed by atoms with van der Waals surface area (Å²) in [6, 6.07) is 0. The second-order valence-electron chi connectivity index (χ2n) is 2.44. The van der Waals surface area contributed by atoms with Gasteiger partial charge in [0.05, 0.1) is 6.61 Å². The molecule has 0 heterocycles. The molecule has 0 amide bonds. The molecule has 11 heavy (non-hydrogen) atoms. The highest BCUT2D eigenvalue weighted by atomic mass is 32.7. The molecule has 0 saturated carbocycles. The predicted molar refractivity (Wildman–Crippen MR) is 52.5 cm³/mol. The van der Waals surface area contributed by atoms with Crippen LogP contribution in [0.2, 0.25) is 0 Å². The minimum Gasteiger partial charge on any atom is -0.321 e. The fourth-order valence-electron chi connectivity index (χ4n) is 0.551. The Hall–Kier alpha value is 0.540. The van der Waals surface area contributed by atoms with Crippen LogP contribution in [0.1, 0.15) is 26.7 Å². The molecule has 0 aliphatic heterocycles. The molecule has 0 radical (unpaired) electrons. The Morgan fingerprint density at radius 3 is 2.45 bits per heavy atom. The molecule has 0 aromatic carbocycles. The Morgan fingerprint density at radius 1 is 1.36 bits per heavy atom. The molecule has 1 atom stereocenters. The molecule has 0 aromatic heterocycles. The van der Waals surface area contributed by atoms with E-state index in [1.54, 1.807) is 6.66 Å². The van der Waals surface area contributed by atoms with Crippen molar-refractivity contribution in [3.05, 3.63) is 0 Å². The van der Waals surface area contributed by atoms with Crippen molar-refractivity contribution in [3.63, 3.8) is 0 Å². The third-order valence-corrected chi connectivity index (χ3v) is 5.04. The molecule has 0 N–H and O–H groups in total. The molecule has 0 aromatic rings. The van der Waals surface area contributed by atoms with Gasteiger partial charge in [0.2, 0.25) is 0 Å². The summed E-state index contributed by atoms with van der Waals surface area (Å²) in [7, 11) is 0. The average molecular weight is 196 g/mol. The Balaban J connectivity index is 3.53. The first-order valence-corrected chi connectivity index (χ1v) is 7.65. The lowest BCUT2D eigenvalue weighted by molar-refractivity contribution is 0.328. The van der Waals surface area contributed by atoms with Gasteiger partial charge in [-0.25, -0.2) is 0 Å². The van der Waals surface area contributed by atoms with Crippen molar-refractivity contribution in [2.75, 3.05) is 19.0 Å². The Kier molecular flexibility index (Phi) is 6.40. The van der Waals surface area contributed by atoms with Crippen LogP contribution in [-0.2, 0) is 9.09 Å². The molecule has 4 heteroatoms. The van der Waals surface area contributed by atoms with Gasteiger partial charge in [-0.3, -0.25) is 4.57 Å². The lowest BCUT2D eigenvalue weighted by Crippen LogP contribution is -1.88. The maximum atomic E-state index is 11.5. The van der Waals surface area contributed by atoms with E-state index in [2.05, 4.69) is 6.92 Å². The first-order chi connectivity index (χ1) is 5.12. The van der Waals surface area contributed by atoms with Gasteiger partial charge in [-0.2, -0.15) is 0 Å². The zero-order valence-electron chi connectivity index (χ0n) is 7.50. The van der Waals surface area contributed by atoms with Gasteiger partial charge in [-0.15, -0.1) is 0 Å². The lowest BCUT2D eigenvalue weighted by atomic mass is 10.5. The van der Waals surface area contributed by atoms with Crippen LogP contribution in [0.5, 0.6) is 0 Å². The van der Waals surface area contributed by atoms with Crippen LogP contribution in [0.25, 0.3) is 0 Å². The van der Waals surface area contributed by atoms with Gasteiger partial charge < -0.3 is 4.52 Å². The molecule has 0 fully saturated rings. The topological polar surface area (TPSA) is 26.3 Å². The van der Waals surface area contributed by atoms with E-state index >= 15 is 0 Å². The van der Waals surface area contributed by atoms with Crippen LogP contribution in [0.15, 0.2) is 0 Å². The minimum atomic E-state index is -2.31.